The second-order valence-corrected chi connectivity index (χ2v) is 5.42. The molecule has 2 unspecified atom stereocenters. The van der Waals surface area contributed by atoms with Gasteiger partial charge in [0, 0.05) is 12.6 Å². The normalized spacial score (nSPS) is 28.7. The van der Waals surface area contributed by atoms with Crippen molar-refractivity contribution in [3.05, 3.63) is 0 Å². The van der Waals surface area contributed by atoms with Crippen LogP contribution in [0.2, 0.25) is 0 Å². The fourth-order valence-electron chi connectivity index (χ4n) is 3.01. The van der Waals surface area contributed by atoms with Crippen LogP contribution < -0.4 is 5.32 Å². The van der Waals surface area contributed by atoms with Crippen LogP contribution in [0.5, 0.6) is 0 Å². The summed E-state index contributed by atoms with van der Waals surface area (Å²) in [4.78, 5) is 0. The smallest absolute Gasteiger partial charge is 0.0575 e. The van der Waals surface area contributed by atoms with Crippen molar-refractivity contribution in [3.8, 4) is 0 Å². The molecule has 1 saturated heterocycles. The Bertz CT molecular complexity index is 185. The van der Waals surface area contributed by atoms with E-state index >= 15 is 0 Å². The summed E-state index contributed by atoms with van der Waals surface area (Å²) < 4.78 is 5.81. The Hall–Kier alpha value is -0.0800. The molecule has 2 rings (SSSR count). The second-order valence-electron chi connectivity index (χ2n) is 5.42. The maximum atomic E-state index is 5.81. The zero-order valence-corrected chi connectivity index (χ0v) is 10.7. The molecule has 1 aliphatic carbocycles. The molecule has 16 heavy (non-hydrogen) atoms. The molecule has 0 aromatic rings. The molecule has 1 aliphatic heterocycles. The van der Waals surface area contributed by atoms with E-state index in [1.54, 1.807) is 0 Å². The Labute approximate surface area is 100 Å². The molecule has 2 fully saturated rings. The molecule has 2 heteroatoms. The predicted molar refractivity (Wildman–Crippen MR) is 67.6 cm³/mol. The molecule has 1 heterocycles. The average molecular weight is 225 g/mol. The van der Waals surface area contributed by atoms with Gasteiger partial charge in [0.1, 0.15) is 0 Å². The van der Waals surface area contributed by atoms with Gasteiger partial charge in [-0.05, 0) is 57.4 Å². The second kappa shape index (κ2) is 6.61. The van der Waals surface area contributed by atoms with Crippen molar-refractivity contribution < 1.29 is 4.74 Å². The van der Waals surface area contributed by atoms with Gasteiger partial charge in [-0.25, -0.2) is 0 Å². The van der Waals surface area contributed by atoms with Crippen LogP contribution in [0, 0.1) is 5.92 Å². The number of hydrogen-bond acceptors (Lipinski definition) is 2. The monoisotopic (exact) mass is 225 g/mol. The van der Waals surface area contributed by atoms with Crippen LogP contribution in [-0.4, -0.2) is 25.3 Å². The first-order valence-corrected chi connectivity index (χ1v) is 7.25. The number of hydrogen-bond donors (Lipinski definition) is 1. The van der Waals surface area contributed by atoms with Crippen LogP contribution >= 0.6 is 0 Å². The highest BCUT2D eigenvalue weighted by Crippen LogP contribution is 2.32. The van der Waals surface area contributed by atoms with E-state index in [1.807, 2.05) is 0 Å². The van der Waals surface area contributed by atoms with Gasteiger partial charge in [0.15, 0.2) is 0 Å². The van der Waals surface area contributed by atoms with Crippen molar-refractivity contribution in [2.24, 2.45) is 5.92 Å². The van der Waals surface area contributed by atoms with Gasteiger partial charge in [-0.1, -0.05) is 13.3 Å². The zero-order chi connectivity index (χ0) is 11.2. The van der Waals surface area contributed by atoms with Gasteiger partial charge in [-0.2, -0.15) is 0 Å². The maximum absolute atomic E-state index is 5.81. The molecule has 2 aliphatic rings. The van der Waals surface area contributed by atoms with Crippen molar-refractivity contribution in [3.63, 3.8) is 0 Å². The number of nitrogens with one attached hydrogen (secondary N) is 1. The fourth-order valence-corrected chi connectivity index (χ4v) is 3.01. The lowest BCUT2D eigenvalue weighted by Crippen LogP contribution is -2.40. The molecule has 2 nitrogen and oxygen atoms in total. The van der Waals surface area contributed by atoms with E-state index < -0.39 is 0 Å². The van der Waals surface area contributed by atoms with Crippen molar-refractivity contribution in [2.75, 3.05) is 13.2 Å². The first-order chi connectivity index (χ1) is 7.90. The van der Waals surface area contributed by atoms with E-state index in [2.05, 4.69) is 12.2 Å². The minimum atomic E-state index is 0.565. The number of rotatable bonds is 6. The molecule has 2 atom stereocenters. The molecule has 94 valence electrons. The summed E-state index contributed by atoms with van der Waals surface area (Å²) in [5.74, 6) is 0.962. The largest absolute Gasteiger partial charge is 0.378 e. The van der Waals surface area contributed by atoms with Crippen LogP contribution in [0.25, 0.3) is 0 Å². The van der Waals surface area contributed by atoms with Crippen LogP contribution in [0.1, 0.15) is 58.3 Å². The van der Waals surface area contributed by atoms with E-state index in [4.69, 9.17) is 4.74 Å². The fraction of sp³-hybridized carbons (Fsp3) is 1.00. The van der Waals surface area contributed by atoms with Crippen LogP contribution in [0.4, 0.5) is 0 Å². The van der Waals surface area contributed by atoms with Crippen LogP contribution in [0.15, 0.2) is 0 Å². The van der Waals surface area contributed by atoms with Gasteiger partial charge in [0.2, 0.25) is 0 Å². The Kier molecular flexibility index (Phi) is 5.11. The van der Waals surface area contributed by atoms with Gasteiger partial charge >= 0.3 is 0 Å². The highest BCUT2D eigenvalue weighted by molar-refractivity contribution is 4.83. The minimum absolute atomic E-state index is 0.565. The number of ether oxygens (including phenoxy) is 1. The molecule has 0 bridgehead atoms. The average Bonchev–Trinajstić information content (AvgIpc) is 2.25. The topological polar surface area (TPSA) is 21.3 Å². The molecular weight excluding hydrogens is 198 g/mol. The quantitative estimate of drug-likeness (QED) is 0.750. The van der Waals surface area contributed by atoms with Gasteiger partial charge in [-0.3, -0.25) is 0 Å². The lowest BCUT2D eigenvalue weighted by atomic mass is 9.77. The van der Waals surface area contributed by atoms with Crippen molar-refractivity contribution in [1.82, 2.24) is 5.32 Å². The Morgan fingerprint density at radius 1 is 1.19 bits per heavy atom. The summed E-state index contributed by atoms with van der Waals surface area (Å²) in [7, 11) is 0. The van der Waals surface area contributed by atoms with Crippen molar-refractivity contribution in [1.29, 1.82) is 0 Å². The SMILES string of the molecule is CCNC(CCC1CCCCO1)C1CCC1. The third kappa shape index (κ3) is 3.46. The summed E-state index contributed by atoms with van der Waals surface area (Å²) in [5, 5.41) is 3.67. The predicted octanol–water partition coefficient (Wildman–Crippen LogP) is 3.11. The van der Waals surface area contributed by atoms with Crippen LogP contribution in [-0.2, 0) is 4.74 Å². The van der Waals surface area contributed by atoms with E-state index in [-0.39, 0.29) is 0 Å². The molecule has 0 spiro atoms. The molecule has 0 amide bonds. The first kappa shape index (κ1) is 12.4. The highest BCUT2D eigenvalue weighted by atomic mass is 16.5. The highest BCUT2D eigenvalue weighted by Gasteiger charge is 2.27. The Morgan fingerprint density at radius 3 is 2.62 bits per heavy atom. The van der Waals surface area contributed by atoms with Gasteiger partial charge in [-0.15, -0.1) is 0 Å². The Balaban J connectivity index is 1.67. The van der Waals surface area contributed by atoms with Gasteiger partial charge in [0.25, 0.3) is 0 Å². The van der Waals surface area contributed by atoms with Crippen LogP contribution in [0.3, 0.4) is 0 Å². The molecular formula is C14H27NO. The Morgan fingerprint density at radius 2 is 2.06 bits per heavy atom. The standard InChI is InChI=1S/C14H27NO/c1-2-15-14(12-6-5-7-12)10-9-13-8-3-4-11-16-13/h12-15H,2-11H2,1H3. The lowest BCUT2D eigenvalue weighted by molar-refractivity contribution is 0.00647. The first-order valence-electron chi connectivity index (χ1n) is 7.25. The molecule has 1 saturated carbocycles. The lowest BCUT2D eigenvalue weighted by Gasteiger charge is -2.35. The van der Waals surface area contributed by atoms with E-state index in [0.717, 1.165) is 25.1 Å². The van der Waals surface area contributed by atoms with Crippen molar-refractivity contribution in [2.45, 2.75) is 70.4 Å². The molecule has 1 N–H and O–H groups in total. The van der Waals surface area contributed by atoms with E-state index in [0.29, 0.717) is 6.10 Å². The summed E-state index contributed by atoms with van der Waals surface area (Å²) >= 11 is 0. The molecule has 0 aromatic heterocycles. The third-order valence-corrected chi connectivity index (χ3v) is 4.26. The van der Waals surface area contributed by atoms with E-state index in [9.17, 15) is 0 Å². The van der Waals surface area contributed by atoms with Crippen molar-refractivity contribution >= 4 is 0 Å². The maximum Gasteiger partial charge on any atom is 0.0575 e. The minimum Gasteiger partial charge on any atom is -0.378 e. The van der Waals surface area contributed by atoms with Gasteiger partial charge in [0.05, 0.1) is 6.10 Å². The summed E-state index contributed by atoms with van der Waals surface area (Å²) in [6, 6.07) is 0.768. The summed E-state index contributed by atoms with van der Waals surface area (Å²) in [5.41, 5.74) is 0. The van der Waals surface area contributed by atoms with E-state index in [1.165, 1.54) is 51.4 Å². The van der Waals surface area contributed by atoms with Gasteiger partial charge < -0.3 is 10.1 Å². The molecule has 0 radical (unpaired) electrons. The summed E-state index contributed by atoms with van der Waals surface area (Å²) in [6.07, 6.45) is 11.4. The third-order valence-electron chi connectivity index (χ3n) is 4.26. The molecule has 0 aromatic carbocycles. The zero-order valence-electron chi connectivity index (χ0n) is 10.7. The summed E-state index contributed by atoms with van der Waals surface area (Å²) in [6.45, 7) is 4.34.